The van der Waals surface area contributed by atoms with Crippen LogP contribution in [0, 0.1) is 11.8 Å². The summed E-state index contributed by atoms with van der Waals surface area (Å²) in [4.78, 5) is 34.4. The van der Waals surface area contributed by atoms with Crippen molar-refractivity contribution in [2.45, 2.75) is 129 Å². The Morgan fingerprint density at radius 1 is 0.742 bits per heavy atom. The first-order valence-corrected chi connectivity index (χ1v) is 12.6. The SMILES string of the molecule is CCCCC(CCCC)CCCCCCCCCCC(=O)C(CC(N)=O)[C@H](N)C(=O)O. The van der Waals surface area contributed by atoms with Gasteiger partial charge in [-0.3, -0.25) is 14.4 Å². The van der Waals surface area contributed by atoms with Crippen molar-refractivity contribution in [1.29, 1.82) is 0 Å². The molecule has 2 atom stereocenters. The van der Waals surface area contributed by atoms with Gasteiger partial charge in [-0.05, 0) is 12.3 Å². The number of Topliss-reactive ketones (excluding diaryl/α,β-unsaturated/α-hetero) is 1. The van der Waals surface area contributed by atoms with Gasteiger partial charge in [0.2, 0.25) is 5.91 Å². The number of nitrogens with two attached hydrogens (primary N) is 2. The Morgan fingerprint density at radius 3 is 1.65 bits per heavy atom. The molecule has 0 aromatic carbocycles. The van der Waals surface area contributed by atoms with Gasteiger partial charge in [0.1, 0.15) is 11.8 Å². The average molecular weight is 441 g/mol. The van der Waals surface area contributed by atoms with Gasteiger partial charge in [-0.2, -0.15) is 0 Å². The quantitative estimate of drug-likeness (QED) is 0.196. The van der Waals surface area contributed by atoms with Crippen molar-refractivity contribution in [3.05, 3.63) is 0 Å². The lowest BCUT2D eigenvalue weighted by Gasteiger charge is -2.18. The van der Waals surface area contributed by atoms with Crippen molar-refractivity contribution in [2.75, 3.05) is 0 Å². The molecule has 0 spiro atoms. The number of carboxylic acids is 1. The third kappa shape index (κ3) is 15.9. The highest BCUT2D eigenvalue weighted by Gasteiger charge is 2.31. The summed E-state index contributed by atoms with van der Waals surface area (Å²) in [7, 11) is 0. The zero-order valence-electron chi connectivity index (χ0n) is 20.1. The average Bonchev–Trinajstić information content (AvgIpc) is 2.73. The van der Waals surface area contributed by atoms with Crippen molar-refractivity contribution < 1.29 is 19.5 Å². The lowest BCUT2D eigenvalue weighted by Crippen LogP contribution is -2.43. The van der Waals surface area contributed by atoms with E-state index in [1.54, 1.807) is 0 Å². The number of amides is 1. The molecule has 182 valence electrons. The normalized spacial score (nSPS) is 13.3. The van der Waals surface area contributed by atoms with Crippen molar-refractivity contribution in [3.63, 3.8) is 0 Å². The molecular weight excluding hydrogens is 392 g/mol. The van der Waals surface area contributed by atoms with E-state index in [2.05, 4.69) is 13.8 Å². The minimum absolute atomic E-state index is 0.260. The molecule has 1 unspecified atom stereocenters. The molecule has 0 radical (unpaired) electrons. The second kappa shape index (κ2) is 19.3. The molecule has 5 N–H and O–H groups in total. The van der Waals surface area contributed by atoms with Gasteiger partial charge in [-0.25, -0.2) is 0 Å². The Hall–Kier alpha value is -1.43. The first-order valence-electron chi connectivity index (χ1n) is 12.6. The third-order valence-electron chi connectivity index (χ3n) is 6.27. The van der Waals surface area contributed by atoms with Crippen LogP contribution in [0.5, 0.6) is 0 Å². The number of carbonyl (C=O) groups is 3. The van der Waals surface area contributed by atoms with Crippen LogP contribution in [-0.4, -0.2) is 28.8 Å². The second-order valence-electron chi connectivity index (χ2n) is 9.12. The van der Waals surface area contributed by atoms with Gasteiger partial charge >= 0.3 is 5.97 Å². The molecule has 0 saturated heterocycles. The topological polar surface area (TPSA) is 123 Å². The summed E-state index contributed by atoms with van der Waals surface area (Å²) in [6, 6.07) is -1.37. The molecule has 6 nitrogen and oxygen atoms in total. The fraction of sp³-hybridized carbons (Fsp3) is 0.880. The van der Waals surface area contributed by atoms with Crippen molar-refractivity contribution in [3.8, 4) is 0 Å². The van der Waals surface area contributed by atoms with E-state index < -0.39 is 23.8 Å². The molecule has 0 aliphatic heterocycles. The second-order valence-corrected chi connectivity index (χ2v) is 9.12. The monoisotopic (exact) mass is 440 g/mol. The summed E-state index contributed by atoms with van der Waals surface area (Å²) < 4.78 is 0. The standard InChI is InChI=1S/C25H48N2O4/c1-3-5-15-20(16-6-4-2)17-13-11-9-7-8-10-12-14-18-22(28)21(19-23(26)29)24(27)25(30)31/h20-21,24H,3-19,27H2,1-2H3,(H2,26,29)(H,30,31)/t21?,24-/m0/s1. The molecule has 0 saturated carbocycles. The van der Waals surface area contributed by atoms with Crippen LogP contribution in [0.1, 0.15) is 123 Å². The number of hydrogen-bond acceptors (Lipinski definition) is 4. The highest BCUT2D eigenvalue weighted by Crippen LogP contribution is 2.23. The summed E-state index contributed by atoms with van der Waals surface area (Å²) in [6.07, 6.45) is 18.5. The number of aliphatic carboxylic acids is 1. The number of ketones is 1. The maximum atomic E-state index is 12.3. The van der Waals surface area contributed by atoms with Crippen LogP contribution in [0.15, 0.2) is 0 Å². The Morgan fingerprint density at radius 2 is 1.19 bits per heavy atom. The van der Waals surface area contributed by atoms with Crippen molar-refractivity contribution in [1.82, 2.24) is 0 Å². The Bertz CT molecular complexity index is 488. The summed E-state index contributed by atoms with van der Waals surface area (Å²) in [5.41, 5.74) is 10.7. The molecule has 1 amide bonds. The number of primary amides is 1. The summed E-state index contributed by atoms with van der Waals surface area (Å²) in [5, 5.41) is 9.02. The van der Waals surface area contributed by atoms with E-state index in [9.17, 15) is 14.4 Å². The third-order valence-corrected chi connectivity index (χ3v) is 6.27. The molecule has 31 heavy (non-hydrogen) atoms. The molecule has 0 aliphatic rings. The van der Waals surface area contributed by atoms with Crippen LogP contribution in [0.25, 0.3) is 0 Å². The van der Waals surface area contributed by atoms with E-state index in [4.69, 9.17) is 16.6 Å². The molecule has 0 fully saturated rings. The predicted octanol–water partition coefficient (Wildman–Crippen LogP) is 5.36. The van der Waals surface area contributed by atoms with Gasteiger partial charge in [0.25, 0.3) is 0 Å². The fourth-order valence-electron chi connectivity index (χ4n) is 4.23. The van der Waals surface area contributed by atoms with Gasteiger partial charge in [0.05, 0.1) is 5.92 Å². The zero-order valence-corrected chi connectivity index (χ0v) is 20.1. The molecule has 0 aromatic heterocycles. The van der Waals surface area contributed by atoms with Crippen LogP contribution < -0.4 is 11.5 Å². The molecule has 0 heterocycles. The lowest BCUT2D eigenvalue weighted by atomic mass is 9.89. The number of carbonyl (C=O) groups excluding carboxylic acids is 2. The van der Waals surface area contributed by atoms with E-state index in [0.29, 0.717) is 6.42 Å². The summed E-state index contributed by atoms with van der Waals surface area (Å²) in [5.74, 6) is -2.34. The Labute approximate surface area is 189 Å². The van der Waals surface area contributed by atoms with Crippen LogP contribution in [-0.2, 0) is 14.4 Å². The van der Waals surface area contributed by atoms with Crippen LogP contribution in [0.3, 0.4) is 0 Å². The molecule has 0 aliphatic carbocycles. The fourth-order valence-corrected chi connectivity index (χ4v) is 4.23. The summed E-state index contributed by atoms with van der Waals surface area (Å²) >= 11 is 0. The predicted molar refractivity (Wildman–Crippen MR) is 127 cm³/mol. The van der Waals surface area contributed by atoms with E-state index in [1.807, 2.05) is 0 Å². The molecule has 0 bridgehead atoms. The highest BCUT2D eigenvalue weighted by molar-refractivity contribution is 5.91. The highest BCUT2D eigenvalue weighted by atomic mass is 16.4. The Balaban J connectivity index is 3.86. The Kier molecular flexibility index (Phi) is 18.4. The van der Waals surface area contributed by atoms with Gasteiger partial charge in [-0.1, -0.05) is 104 Å². The number of unbranched alkanes of at least 4 members (excludes halogenated alkanes) is 9. The number of hydrogen-bond donors (Lipinski definition) is 3. The minimum atomic E-state index is -1.37. The summed E-state index contributed by atoms with van der Waals surface area (Å²) in [6.45, 7) is 4.55. The van der Waals surface area contributed by atoms with Crippen molar-refractivity contribution in [2.24, 2.45) is 23.3 Å². The van der Waals surface area contributed by atoms with E-state index in [1.165, 1.54) is 77.0 Å². The first-order chi connectivity index (χ1) is 14.8. The van der Waals surface area contributed by atoms with E-state index >= 15 is 0 Å². The van der Waals surface area contributed by atoms with E-state index in [-0.39, 0.29) is 18.6 Å². The van der Waals surface area contributed by atoms with Gasteiger partial charge in [-0.15, -0.1) is 0 Å². The molecule has 6 heteroatoms. The van der Waals surface area contributed by atoms with Gasteiger partial charge in [0.15, 0.2) is 0 Å². The smallest absolute Gasteiger partial charge is 0.321 e. The van der Waals surface area contributed by atoms with Crippen LogP contribution in [0.4, 0.5) is 0 Å². The largest absolute Gasteiger partial charge is 0.480 e. The van der Waals surface area contributed by atoms with Crippen LogP contribution in [0.2, 0.25) is 0 Å². The molecular formula is C25H48N2O4. The lowest BCUT2D eigenvalue weighted by molar-refractivity contribution is -0.143. The molecule has 0 rings (SSSR count). The maximum absolute atomic E-state index is 12.3. The van der Waals surface area contributed by atoms with Gasteiger partial charge < -0.3 is 16.6 Å². The minimum Gasteiger partial charge on any atom is -0.480 e. The van der Waals surface area contributed by atoms with Crippen molar-refractivity contribution >= 4 is 17.7 Å². The first kappa shape index (κ1) is 29.6. The molecule has 0 aromatic rings. The van der Waals surface area contributed by atoms with Crippen LogP contribution >= 0.6 is 0 Å². The van der Waals surface area contributed by atoms with Gasteiger partial charge in [0, 0.05) is 12.8 Å². The van der Waals surface area contributed by atoms with E-state index in [0.717, 1.165) is 18.8 Å². The number of carboxylic acid groups (broad SMARTS) is 1. The maximum Gasteiger partial charge on any atom is 0.321 e. The zero-order chi connectivity index (χ0) is 23.5. The number of rotatable bonds is 22.